The quantitative estimate of drug-likeness (QED) is 0.798. The Morgan fingerprint density at radius 3 is 3.16 bits per heavy atom. The molecule has 1 aliphatic carbocycles. The molecule has 0 bridgehead atoms. The maximum atomic E-state index is 6.07. The number of hydrogen-bond acceptors (Lipinski definition) is 3. The van der Waals surface area contributed by atoms with Crippen LogP contribution in [0.2, 0.25) is 0 Å². The zero-order valence-corrected chi connectivity index (χ0v) is 12.6. The van der Waals surface area contributed by atoms with Crippen molar-refractivity contribution in [2.24, 2.45) is 0 Å². The zero-order valence-electron chi connectivity index (χ0n) is 11.1. The number of aromatic nitrogens is 3. The van der Waals surface area contributed by atoms with Gasteiger partial charge in [-0.25, -0.2) is 4.98 Å². The molecule has 19 heavy (non-hydrogen) atoms. The first-order chi connectivity index (χ1) is 9.33. The Kier molecular flexibility index (Phi) is 3.99. The highest BCUT2D eigenvalue weighted by molar-refractivity contribution is 7.99. The van der Waals surface area contributed by atoms with Crippen LogP contribution in [0.1, 0.15) is 38.1 Å². The summed E-state index contributed by atoms with van der Waals surface area (Å²) < 4.78 is 2.35. The van der Waals surface area contributed by atoms with Crippen LogP contribution >= 0.6 is 23.4 Å². The second kappa shape index (κ2) is 5.71. The van der Waals surface area contributed by atoms with Gasteiger partial charge in [-0.05, 0) is 31.1 Å². The summed E-state index contributed by atoms with van der Waals surface area (Å²) in [5.41, 5.74) is 2.14. The Labute approximate surface area is 122 Å². The number of thioether (sulfide) groups is 1. The number of halogens is 1. The molecule has 0 saturated heterocycles. The molecule has 102 valence electrons. The second-order valence-corrected chi connectivity index (χ2v) is 6.78. The highest BCUT2D eigenvalue weighted by atomic mass is 35.5. The largest absolute Gasteiger partial charge is 0.324 e. The molecule has 2 aromatic rings. The first-order valence-electron chi connectivity index (χ1n) is 6.81. The van der Waals surface area contributed by atoms with E-state index >= 15 is 0 Å². The summed E-state index contributed by atoms with van der Waals surface area (Å²) >= 11 is 8.15. The molecule has 0 spiro atoms. The van der Waals surface area contributed by atoms with E-state index in [0.717, 1.165) is 16.6 Å². The van der Waals surface area contributed by atoms with Crippen molar-refractivity contribution in [3.05, 3.63) is 24.3 Å². The third-order valence-electron chi connectivity index (χ3n) is 3.81. The van der Waals surface area contributed by atoms with Gasteiger partial charge in [0.05, 0.1) is 17.6 Å². The summed E-state index contributed by atoms with van der Waals surface area (Å²) in [6.45, 7) is 2.24. The summed E-state index contributed by atoms with van der Waals surface area (Å²) in [6.07, 6.45) is 7.43. The Morgan fingerprint density at radius 1 is 1.47 bits per heavy atom. The highest BCUT2D eigenvalue weighted by Crippen LogP contribution is 2.39. The van der Waals surface area contributed by atoms with E-state index in [0.29, 0.717) is 11.9 Å². The minimum absolute atomic E-state index is 0.469. The van der Waals surface area contributed by atoms with Gasteiger partial charge in [-0.2, -0.15) is 11.8 Å². The molecular weight excluding hydrogens is 278 g/mol. The van der Waals surface area contributed by atoms with Gasteiger partial charge in [-0.15, -0.1) is 11.6 Å². The van der Waals surface area contributed by atoms with Crippen molar-refractivity contribution in [2.45, 2.75) is 43.4 Å². The lowest BCUT2D eigenvalue weighted by atomic mass is 10.2. The van der Waals surface area contributed by atoms with Crippen LogP contribution < -0.4 is 0 Å². The smallest absolute Gasteiger partial charge is 0.125 e. The molecule has 3 nitrogen and oxygen atoms in total. The number of nitrogens with zero attached hydrogens (tertiary/aromatic N) is 3. The van der Waals surface area contributed by atoms with Crippen LogP contribution in [0, 0.1) is 0 Å². The highest BCUT2D eigenvalue weighted by Gasteiger charge is 2.28. The van der Waals surface area contributed by atoms with E-state index in [1.807, 2.05) is 12.4 Å². The van der Waals surface area contributed by atoms with Crippen molar-refractivity contribution in [2.75, 3.05) is 5.75 Å². The number of pyridine rings is 1. The summed E-state index contributed by atoms with van der Waals surface area (Å²) in [5, 5.41) is 0.789. The molecule has 3 rings (SSSR count). The topological polar surface area (TPSA) is 30.7 Å². The number of rotatable bonds is 4. The minimum Gasteiger partial charge on any atom is -0.324 e. The minimum atomic E-state index is 0.469. The molecule has 5 heteroatoms. The summed E-state index contributed by atoms with van der Waals surface area (Å²) in [4.78, 5) is 8.76. The van der Waals surface area contributed by atoms with Crippen molar-refractivity contribution in [1.82, 2.24) is 14.5 Å². The van der Waals surface area contributed by atoms with Crippen molar-refractivity contribution < 1.29 is 0 Å². The molecule has 1 fully saturated rings. The molecule has 1 aliphatic rings. The normalized spacial score (nSPS) is 23.3. The van der Waals surface area contributed by atoms with E-state index in [-0.39, 0.29) is 0 Å². The molecule has 1 saturated carbocycles. The van der Waals surface area contributed by atoms with E-state index in [1.54, 1.807) is 0 Å². The monoisotopic (exact) mass is 295 g/mol. The van der Waals surface area contributed by atoms with E-state index < -0.39 is 0 Å². The maximum absolute atomic E-state index is 6.07. The number of imidazole rings is 1. The standard InChI is InChI=1S/C14H18ClN3S/c1-2-19-11-4-3-10(7-11)18-13-5-6-16-9-12(13)17-14(18)8-15/h5-6,9-11H,2-4,7-8H2,1H3. The van der Waals surface area contributed by atoms with Crippen LogP contribution in [-0.2, 0) is 5.88 Å². The molecule has 2 unspecified atom stereocenters. The van der Waals surface area contributed by atoms with E-state index in [1.165, 1.54) is 30.5 Å². The van der Waals surface area contributed by atoms with Crippen LogP contribution in [0.4, 0.5) is 0 Å². The average molecular weight is 296 g/mol. The van der Waals surface area contributed by atoms with Gasteiger partial charge in [-0.3, -0.25) is 4.98 Å². The maximum Gasteiger partial charge on any atom is 0.125 e. The van der Waals surface area contributed by atoms with Gasteiger partial charge in [0, 0.05) is 17.5 Å². The van der Waals surface area contributed by atoms with E-state index in [4.69, 9.17) is 11.6 Å². The lowest BCUT2D eigenvalue weighted by Gasteiger charge is -2.16. The van der Waals surface area contributed by atoms with Gasteiger partial charge in [0.25, 0.3) is 0 Å². The van der Waals surface area contributed by atoms with Crippen molar-refractivity contribution >= 4 is 34.4 Å². The summed E-state index contributed by atoms with van der Waals surface area (Å²) in [7, 11) is 0. The van der Waals surface area contributed by atoms with Gasteiger partial charge in [0.15, 0.2) is 0 Å². The average Bonchev–Trinajstić information content (AvgIpc) is 3.02. The van der Waals surface area contributed by atoms with Crippen molar-refractivity contribution in [1.29, 1.82) is 0 Å². The predicted octanol–water partition coefficient (Wildman–Crippen LogP) is 4.02. The van der Waals surface area contributed by atoms with Gasteiger partial charge in [-0.1, -0.05) is 6.92 Å². The van der Waals surface area contributed by atoms with Crippen LogP contribution in [0.5, 0.6) is 0 Å². The molecule has 0 aromatic carbocycles. The van der Waals surface area contributed by atoms with Gasteiger partial charge < -0.3 is 4.57 Å². The third-order valence-corrected chi connectivity index (χ3v) is 5.28. The fourth-order valence-electron chi connectivity index (χ4n) is 3.04. The van der Waals surface area contributed by atoms with Crippen molar-refractivity contribution in [3.8, 4) is 0 Å². The van der Waals surface area contributed by atoms with E-state index in [2.05, 4.69) is 39.3 Å². The first kappa shape index (κ1) is 13.3. The number of alkyl halides is 1. The Bertz CT molecular complexity index is 569. The molecule has 0 amide bonds. The number of hydrogen-bond donors (Lipinski definition) is 0. The Balaban J connectivity index is 1.95. The van der Waals surface area contributed by atoms with Gasteiger partial charge in [0.1, 0.15) is 11.3 Å². The summed E-state index contributed by atoms with van der Waals surface area (Å²) in [5.74, 6) is 2.65. The Morgan fingerprint density at radius 2 is 2.37 bits per heavy atom. The summed E-state index contributed by atoms with van der Waals surface area (Å²) in [6, 6.07) is 2.60. The lowest BCUT2D eigenvalue weighted by Crippen LogP contribution is -2.09. The molecule has 2 aromatic heterocycles. The molecule has 0 N–H and O–H groups in total. The Hall–Kier alpha value is -0.740. The fraction of sp³-hybridized carbons (Fsp3) is 0.571. The van der Waals surface area contributed by atoms with E-state index in [9.17, 15) is 0 Å². The van der Waals surface area contributed by atoms with Gasteiger partial charge >= 0.3 is 0 Å². The van der Waals surface area contributed by atoms with Crippen LogP contribution in [-0.4, -0.2) is 25.5 Å². The van der Waals surface area contributed by atoms with Crippen molar-refractivity contribution in [3.63, 3.8) is 0 Å². The second-order valence-electron chi connectivity index (χ2n) is 4.94. The van der Waals surface area contributed by atoms with Gasteiger partial charge in [0.2, 0.25) is 0 Å². The molecule has 0 radical (unpaired) electrons. The van der Waals surface area contributed by atoms with Crippen LogP contribution in [0.15, 0.2) is 18.5 Å². The first-order valence-corrected chi connectivity index (χ1v) is 8.40. The van der Waals surface area contributed by atoms with Crippen LogP contribution in [0.25, 0.3) is 11.0 Å². The lowest BCUT2D eigenvalue weighted by molar-refractivity contribution is 0.519. The molecule has 0 aliphatic heterocycles. The van der Waals surface area contributed by atoms with Crippen LogP contribution in [0.3, 0.4) is 0 Å². The third kappa shape index (κ3) is 2.48. The SMILES string of the molecule is CCSC1CCC(n2c(CCl)nc3cnccc32)C1. The zero-order chi connectivity index (χ0) is 13.2. The molecule has 2 atom stereocenters. The molecule has 2 heterocycles. The fourth-order valence-corrected chi connectivity index (χ4v) is 4.36. The number of fused-ring (bicyclic) bond motifs is 1. The predicted molar refractivity (Wildman–Crippen MR) is 81.9 cm³/mol. The molecular formula is C14H18ClN3S.